The molecule has 1 spiro atoms. The van der Waals surface area contributed by atoms with Gasteiger partial charge in [-0.25, -0.2) is 13.8 Å². The van der Waals surface area contributed by atoms with Gasteiger partial charge in [0.2, 0.25) is 5.88 Å². The van der Waals surface area contributed by atoms with Crippen LogP contribution in [0, 0.1) is 5.82 Å². The van der Waals surface area contributed by atoms with Crippen LogP contribution < -0.4 is 20.1 Å². The molecule has 258 valence electrons. The topological polar surface area (TPSA) is 113 Å². The van der Waals surface area contributed by atoms with Crippen molar-refractivity contribution in [2.75, 3.05) is 57.1 Å². The molecule has 16 heteroatoms. The number of halogens is 6. The zero-order chi connectivity index (χ0) is 33.7. The van der Waals surface area contributed by atoms with Gasteiger partial charge in [-0.15, -0.1) is 0 Å². The number of pyridine rings is 1. The molecule has 3 saturated heterocycles. The van der Waals surface area contributed by atoms with Gasteiger partial charge in [-0.1, -0.05) is 11.6 Å². The lowest BCUT2D eigenvalue weighted by Crippen LogP contribution is -2.66. The number of aliphatic hydroxyl groups excluding tert-OH is 1. The second-order valence-electron chi connectivity index (χ2n) is 14.0. The Kier molecular flexibility index (Phi) is 7.41. The average Bonchev–Trinajstić information content (AvgIpc) is 3.48. The summed E-state index contributed by atoms with van der Waals surface area (Å²) in [5, 5.41) is 9.89. The largest absolute Gasteiger partial charge is 0.475 e. The van der Waals surface area contributed by atoms with Crippen LogP contribution in [-0.4, -0.2) is 106 Å². The molecule has 48 heavy (non-hydrogen) atoms. The van der Waals surface area contributed by atoms with E-state index in [0.717, 1.165) is 38.1 Å². The molecular formula is C32H35ClF5N7O3. The summed E-state index contributed by atoms with van der Waals surface area (Å²) >= 11 is 6.04. The first-order chi connectivity index (χ1) is 22.8. The van der Waals surface area contributed by atoms with Gasteiger partial charge in [0, 0.05) is 49.6 Å². The van der Waals surface area contributed by atoms with Gasteiger partial charge in [0.1, 0.15) is 41.8 Å². The summed E-state index contributed by atoms with van der Waals surface area (Å²) in [6.07, 6.45) is -3.16. The Bertz CT molecular complexity index is 1790. The number of ether oxygens (including phenoxy) is 2. The molecule has 0 radical (unpaired) electrons. The highest BCUT2D eigenvalue weighted by molar-refractivity contribution is 6.32. The molecule has 3 atom stereocenters. The van der Waals surface area contributed by atoms with E-state index in [4.69, 9.17) is 31.8 Å². The van der Waals surface area contributed by atoms with Gasteiger partial charge in [0.15, 0.2) is 5.82 Å². The summed E-state index contributed by atoms with van der Waals surface area (Å²) in [5.74, 6) is -1.06. The minimum atomic E-state index is -4.97. The number of fused-ring (bicyclic) bond motifs is 1. The molecule has 10 nitrogen and oxygen atoms in total. The molecular weight excluding hydrogens is 661 g/mol. The lowest BCUT2D eigenvalue weighted by atomic mass is 9.73. The minimum Gasteiger partial charge on any atom is -0.475 e. The second-order valence-corrected chi connectivity index (χ2v) is 14.4. The molecule has 6 heterocycles. The Labute approximate surface area is 278 Å². The van der Waals surface area contributed by atoms with Gasteiger partial charge in [0.25, 0.3) is 0 Å². The second kappa shape index (κ2) is 11.1. The first kappa shape index (κ1) is 32.0. The molecule has 1 aliphatic carbocycles. The number of nitrogens with two attached hydrogens (primary N) is 1. The van der Waals surface area contributed by atoms with Crippen LogP contribution in [0.15, 0.2) is 12.1 Å². The van der Waals surface area contributed by atoms with E-state index in [2.05, 4.69) is 19.8 Å². The highest BCUT2D eigenvalue weighted by Gasteiger charge is 2.53. The Hall–Kier alpha value is -3.27. The molecule has 3 aromatic rings. The normalized spacial score (nSPS) is 30.2. The fourth-order valence-electron chi connectivity index (χ4n) is 8.35. The van der Waals surface area contributed by atoms with Gasteiger partial charge in [0.05, 0.1) is 27.8 Å². The lowest BCUT2D eigenvalue weighted by molar-refractivity contribution is -0.137. The van der Waals surface area contributed by atoms with E-state index in [1.807, 2.05) is 11.9 Å². The van der Waals surface area contributed by atoms with Crippen LogP contribution in [0.5, 0.6) is 11.9 Å². The smallest absolute Gasteiger partial charge is 0.418 e. The quantitative estimate of drug-likeness (QED) is 0.275. The van der Waals surface area contributed by atoms with Crippen molar-refractivity contribution in [3.05, 3.63) is 28.5 Å². The van der Waals surface area contributed by atoms with E-state index in [9.17, 15) is 22.7 Å². The number of likely N-dealkylation sites (tertiary alicyclic amines) is 1. The molecule has 5 aliphatic rings. The molecule has 4 aliphatic heterocycles. The molecule has 1 saturated carbocycles. The van der Waals surface area contributed by atoms with Crippen molar-refractivity contribution in [2.24, 2.45) is 0 Å². The van der Waals surface area contributed by atoms with E-state index in [1.165, 1.54) is 0 Å². The number of hydrogen-bond donors (Lipinski definition) is 2. The Morgan fingerprint density at radius 3 is 2.65 bits per heavy atom. The third-order valence-electron chi connectivity index (χ3n) is 11.0. The maximum Gasteiger partial charge on any atom is 0.418 e. The Morgan fingerprint density at radius 1 is 1.17 bits per heavy atom. The molecule has 2 aromatic heterocycles. The number of benzene rings is 1. The number of rotatable bonds is 6. The van der Waals surface area contributed by atoms with Crippen molar-refractivity contribution in [2.45, 2.75) is 74.1 Å². The highest BCUT2D eigenvalue weighted by atomic mass is 35.5. The predicted octanol–water partition coefficient (Wildman–Crippen LogP) is 4.84. The zero-order valence-corrected chi connectivity index (χ0v) is 26.9. The predicted molar refractivity (Wildman–Crippen MR) is 168 cm³/mol. The van der Waals surface area contributed by atoms with Crippen LogP contribution in [0.25, 0.3) is 22.2 Å². The number of likely N-dealkylation sites (N-methyl/N-ethyl adjacent to an activating group) is 1. The van der Waals surface area contributed by atoms with Crippen molar-refractivity contribution in [1.29, 1.82) is 0 Å². The third-order valence-corrected chi connectivity index (χ3v) is 11.3. The Morgan fingerprint density at radius 2 is 1.96 bits per heavy atom. The number of aliphatic hydroxyl groups is 1. The SMILES string of the molecule is CN1CCC1CN1c2nc(OC[C@@]34CCCN3C[C@H](F)C4)nc3c(F)c(-c4cc(N)cc(Cl)c4C(F)(F)F)nc(c23)OCC12CC(O)C2. The van der Waals surface area contributed by atoms with Gasteiger partial charge in [-0.3, -0.25) is 4.90 Å². The number of aromatic nitrogens is 3. The van der Waals surface area contributed by atoms with Crippen LogP contribution in [0.2, 0.25) is 5.02 Å². The number of anilines is 2. The monoisotopic (exact) mass is 695 g/mol. The molecule has 3 N–H and O–H groups in total. The summed E-state index contributed by atoms with van der Waals surface area (Å²) < 4.78 is 86.9. The van der Waals surface area contributed by atoms with E-state index in [-0.39, 0.29) is 60.0 Å². The van der Waals surface area contributed by atoms with Crippen LogP contribution in [0.1, 0.15) is 44.1 Å². The summed E-state index contributed by atoms with van der Waals surface area (Å²) in [4.78, 5) is 19.8. The standard InChI is InChI=1S/C32H35ClF5N7O3/c1-43-6-3-18(43)13-45-27-22-26(41-29(42-27)48-14-30-4-2-5-44(30)12-16(34)9-30)24(35)25(40-28(22)47-15-31(45)10-19(46)11-31)20-7-17(39)8-21(33)23(20)32(36,37)38/h7-8,16,18-19,46H,2-6,9-15,39H2,1H3/t16-,18?,19?,30+,31?/m1/s1. The van der Waals surface area contributed by atoms with Crippen molar-refractivity contribution >= 4 is 34.0 Å². The molecule has 8 rings (SSSR count). The molecule has 1 unspecified atom stereocenters. The number of alkyl halides is 4. The van der Waals surface area contributed by atoms with Crippen LogP contribution in [0.3, 0.4) is 0 Å². The average molecular weight is 696 g/mol. The highest BCUT2D eigenvalue weighted by Crippen LogP contribution is 2.50. The Balaban J connectivity index is 1.32. The van der Waals surface area contributed by atoms with Crippen LogP contribution in [0.4, 0.5) is 33.5 Å². The van der Waals surface area contributed by atoms with E-state index in [0.29, 0.717) is 32.4 Å². The first-order valence-electron chi connectivity index (χ1n) is 16.2. The number of nitrogens with zero attached hydrogens (tertiary/aromatic N) is 6. The first-order valence-corrected chi connectivity index (χ1v) is 16.5. The van der Waals surface area contributed by atoms with Crippen molar-refractivity contribution in [1.82, 2.24) is 24.8 Å². The number of nitrogen functional groups attached to an aromatic ring is 1. The van der Waals surface area contributed by atoms with Crippen LogP contribution in [-0.2, 0) is 6.18 Å². The van der Waals surface area contributed by atoms with Crippen LogP contribution >= 0.6 is 11.6 Å². The third kappa shape index (κ3) is 5.02. The zero-order valence-electron chi connectivity index (χ0n) is 26.2. The van der Waals surface area contributed by atoms with Crippen molar-refractivity contribution in [3.63, 3.8) is 0 Å². The number of hydrogen-bond acceptors (Lipinski definition) is 10. The van der Waals surface area contributed by atoms with Crippen molar-refractivity contribution in [3.8, 4) is 23.1 Å². The summed E-state index contributed by atoms with van der Waals surface area (Å²) in [6.45, 7) is 2.46. The van der Waals surface area contributed by atoms with Crippen molar-refractivity contribution < 1.29 is 36.5 Å². The fraction of sp³-hybridized carbons (Fsp3) is 0.594. The van der Waals surface area contributed by atoms with Gasteiger partial charge in [-0.05, 0) is 51.5 Å². The summed E-state index contributed by atoms with van der Waals surface area (Å²) in [5.41, 5.74) is 1.46. The summed E-state index contributed by atoms with van der Waals surface area (Å²) in [6, 6.07) is 1.84. The maximum atomic E-state index is 16.9. The van der Waals surface area contributed by atoms with E-state index in [1.54, 1.807) is 0 Å². The minimum absolute atomic E-state index is 0.0139. The molecule has 0 amide bonds. The molecule has 1 aromatic carbocycles. The molecule has 0 bridgehead atoms. The summed E-state index contributed by atoms with van der Waals surface area (Å²) in [7, 11) is 2.00. The molecule has 4 fully saturated rings. The van der Waals surface area contributed by atoms with Gasteiger partial charge < -0.3 is 30.1 Å². The van der Waals surface area contributed by atoms with E-state index < -0.39 is 57.2 Å². The maximum absolute atomic E-state index is 16.9. The van der Waals surface area contributed by atoms with E-state index >= 15 is 4.39 Å². The van der Waals surface area contributed by atoms with Gasteiger partial charge in [-0.2, -0.15) is 23.1 Å². The fourth-order valence-corrected chi connectivity index (χ4v) is 8.68. The lowest BCUT2D eigenvalue weighted by Gasteiger charge is -2.54. The van der Waals surface area contributed by atoms with Gasteiger partial charge >= 0.3 is 12.2 Å².